The van der Waals surface area contributed by atoms with Crippen molar-refractivity contribution in [2.24, 2.45) is 5.92 Å². The van der Waals surface area contributed by atoms with Gasteiger partial charge in [-0.05, 0) is 31.2 Å². The molecular formula is C18H26N2O3. The molecule has 0 aliphatic carbocycles. The van der Waals surface area contributed by atoms with Crippen molar-refractivity contribution in [3.05, 3.63) is 29.8 Å². The molecule has 5 nitrogen and oxygen atoms in total. The van der Waals surface area contributed by atoms with Gasteiger partial charge in [0.05, 0.1) is 19.3 Å². The first-order valence-corrected chi connectivity index (χ1v) is 8.38. The van der Waals surface area contributed by atoms with E-state index in [1.54, 1.807) is 14.2 Å². The third-order valence-corrected chi connectivity index (χ3v) is 5.27. The van der Waals surface area contributed by atoms with Gasteiger partial charge in [-0.25, -0.2) is 0 Å². The quantitative estimate of drug-likeness (QED) is 0.850. The number of fused-ring (bicyclic) bond motifs is 1. The molecule has 126 valence electrons. The van der Waals surface area contributed by atoms with Gasteiger partial charge in [-0.3, -0.25) is 4.79 Å². The average Bonchev–Trinajstić information content (AvgIpc) is 3.04. The maximum absolute atomic E-state index is 13.0. The summed E-state index contributed by atoms with van der Waals surface area (Å²) in [7, 11) is 3.41. The first-order valence-electron chi connectivity index (χ1n) is 8.38. The molecule has 2 heterocycles. The van der Waals surface area contributed by atoms with Crippen LogP contribution in [0.1, 0.15) is 23.7 Å². The minimum Gasteiger partial charge on any atom is -0.497 e. The summed E-state index contributed by atoms with van der Waals surface area (Å²) in [4.78, 5) is 17.5. The van der Waals surface area contributed by atoms with Crippen molar-refractivity contribution in [3.63, 3.8) is 0 Å². The van der Waals surface area contributed by atoms with Crippen LogP contribution in [0, 0.1) is 5.92 Å². The van der Waals surface area contributed by atoms with Crippen LogP contribution >= 0.6 is 0 Å². The van der Waals surface area contributed by atoms with Gasteiger partial charge in [-0.15, -0.1) is 0 Å². The number of hydrogen-bond donors (Lipinski definition) is 0. The van der Waals surface area contributed by atoms with Gasteiger partial charge in [-0.1, -0.05) is 13.0 Å². The zero-order valence-electron chi connectivity index (χ0n) is 14.2. The molecule has 3 atom stereocenters. The summed E-state index contributed by atoms with van der Waals surface area (Å²) in [5.74, 6) is 1.23. The Hall–Kier alpha value is -1.59. The van der Waals surface area contributed by atoms with Gasteiger partial charge >= 0.3 is 0 Å². The van der Waals surface area contributed by atoms with Crippen molar-refractivity contribution < 1.29 is 14.3 Å². The van der Waals surface area contributed by atoms with E-state index in [0.717, 1.165) is 38.3 Å². The van der Waals surface area contributed by atoms with E-state index in [4.69, 9.17) is 9.47 Å². The lowest BCUT2D eigenvalue weighted by Crippen LogP contribution is -2.53. The van der Waals surface area contributed by atoms with Crippen molar-refractivity contribution in [2.75, 3.05) is 40.4 Å². The Morgan fingerprint density at radius 1 is 1.30 bits per heavy atom. The van der Waals surface area contributed by atoms with E-state index in [0.29, 0.717) is 11.5 Å². The van der Waals surface area contributed by atoms with Gasteiger partial charge in [0.1, 0.15) is 5.75 Å². The molecule has 0 spiro atoms. The summed E-state index contributed by atoms with van der Waals surface area (Å²) in [5.41, 5.74) is 0.703. The van der Waals surface area contributed by atoms with E-state index in [-0.39, 0.29) is 18.1 Å². The number of carbonyl (C=O) groups is 1. The largest absolute Gasteiger partial charge is 0.497 e. The number of methoxy groups -OCH3 is 2. The van der Waals surface area contributed by atoms with Crippen LogP contribution in [0.4, 0.5) is 0 Å². The number of rotatable bonds is 4. The normalized spacial score (nSPS) is 27.8. The first kappa shape index (κ1) is 16.3. The summed E-state index contributed by atoms with van der Waals surface area (Å²) < 4.78 is 10.9. The number of carbonyl (C=O) groups excluding carboxylic acids is 1. The Labute approximate surface area is 138 Å². The molecule has 0 saturated carbocycles. The summed E-state index contributed by atoms with van der Waals surface area (Å²) >= 11 is 0. The monoisotopic (exact) mass is 318 g/mol. The molecule has 0 aromatic heterocycles. The molecule has 1 aromatic rings. The third-order valence-electron chi connectivity index (χ3n) is 5.27. The molecule has 2 saturated heterocycles. The number of hydrogen-bond acceptors (Lipinski definition) is 4. The molecule has 5 heteroatoms. The van der Waals surface area contributed by atoms with Crippen LogP contribution in [-0.2, 0) is 4.74 Å². The molecule has 2 aliphatic heterocycles. The molecule has 3 rings (SSSR count). The topological polar surface area (TPSA) is 42.0 Å². The number of benzene rings is 1. The number of likely N-dealkylation sites (N-methyl/N-ethyl adjacent to an activating group) is 1. The minimum absolute atomic E-state index is 0.103. The first-order chi connectivity index (χ1) is 11.2. The molecule has 0 bridgehead atoms. The molecular weight excluding hydrogens is 292 g/mol. The second-order valence-corrected chi connectivity index (χ2v) is 6.38. The highest BCUT2D eigenvalue weighted by molar-refractivity contribution is 5.95. The van der Waals surface area contributed by atoms with Crippen LogP contribution < -0.4 is 4.74 Å². The molecule has 0 N–H and O–H groups in total. The fourth-order valence-electron chi connectivity index (χ4n) is 3.96. The number of likely N-dealkylation sites (tertiary alicyclic amines) is 2. The number of nitrogens with zero attached hydrogens (tertiary/aromatic N) is 2. The molecule has 1 aromatic carbocycles. The van der Waals surface area contributed by atoms with Crippen molar-refractivity contribution in [2.45, 2.75) is 25.5 Å². The van der Waals surface area contributed by atoms with Crippen LogP contribution in [0.25, 0.3) is 0 Å². The predicted molar refractivity (Wildman–Crippen MR) is 88.8 cm³/mol. The second kappa shape index (κ2) is 6.89. The Morgan fingerprint density at radius 2 is 2.13 bits per heavy atom. The van der Waals surface area contributed by atoms with Gasteiger partial charge in [0, 0.05) is 38.2 Å². The van der Waals surface area contributed by atoms with Crippen LogP contribution in [0.15, 0.2) is 24.3 Å². The molecule has 23 heavy (non-hydrogen) atoms. The van der Waals surface area contributed by atoms with Gasteiger partial charge in [0.15, 0.2) is 0 Å². The van der Waals surface area contributed by atoms with Crippen molar-refractivity contribution in [1.29, 1.82) is 0 Å². The summed E-state index contributed by atoms with van der Waals surface area (Å²) in [6.07, 6.45) is 1.16. The molecule has 1 amide bonds. The maximum Gasteiger partial charge on any atom is 0.254 e. The molecule has 0 unspecified atom stereocenters. The van der Waals surface area contributed by atoms with E-state index in [1.165, 1.54) is 0 Å². The smallest absolute Gasteiger partial charge is 0.254 e. The van der Waals surface area contributed by atoms with E-state index in [2.05, 4.69) is 11.8 Å². The van der Waals surface area contributed by atoms with Crippen LogP contribution in [0.3, 0.4) is 0 Å². The minimum atomic E-state index is 0.103. The zero-order valence-corrected chi connectivity index (χ0v) is 14.2. The highest BCUT2D eigenvalue weighted by Gasteiger charge is 2.45. The number of piperidine rings is 1. The van der Waals surface area contributed by atoms with Crippen molar-refractivity contribution >= 4 is 5.91 Å². The molecule has 2 aliphatic rings. The van der Waals surface area contributed by atoms with Gasteiger partial charge in [0.2, 0.25) is 0 Å². The number of ether oxygens (including phenoxy) is 2. The molecule has 0 radical (unpaired) electrons. The maximum atomic E-state index is 13.0. The summed E-state index contributed by atoms with van der Waals surface area (Å²) in [6.45, 7) is 5.91. The van der Waals surface area contributed by atoms with Gasteiger partial charge in [0.25, 0.3) is 5.91 Å². The highest BCUT2D eigenvalue weighted by Crippen LogP contribution is 2.33. The third kappa shape index (κ3) is 3.08. The second-order valence-electron chi connectivity index (χ2n) is 6.38. The van der Waals surface area contributed by atoms with Crippen LogP contribution in [-0.4, -0.2) is 68.3 Å². The lowest BCUT2D eigenvalue weighted by Gasteiger charge is -2.41. The Kier molecular flexibility index (Phi) is 4.87. The van der Waals surface area contributed by atoms with E-state index < -0.39 is 0 Å². The van der Waals surface area contributed by atoms with Crippen LogP contribution in [0.2, 0.25) is 0 Å². The fourth-order valence-corrected chi connectivity index (χ4v) is 3.96. The van der Waals surface area contributed by atoms with Gasteiger partial charge in [-0.2, -0.15) is 0 Å². The van der Waals surface area contributed by atoms with Crippen LogP contribution in [0.5, 0.6) is 5.75 Å². The average molecular weight is 318 g/mol. The SMILES string of the molecule is CCN1C[C@@H]2[C@@H](OC)CCN(C(=O)c3cccc(OC)c3)[C@@H]2C1. The summed E-state index contributed by atoms with van der Waals surface area (Å²) in [6, 6.07) is 7.68. The lowest BCUT2D eigenvalue weighted by atomic mass is 9.88. The Balaban J connectivity index is 1.82. The van der Waals surface area contributed by atoms with Crippen molar-refractivity contribution in [1.82, 2.24) is 9.80 Å². The highest BCUT2D eigenvalue weighted by atomic mass is 16.5. The summed E-state index contributed by atoms with van der Waals surface area (Å²) in [5, 5.41) is 0. The predicted octanol–water partition coefficient (Wildman–Crippen LogP) is 1.88. The fraction of sp³-hybridized carbons (Fsp3) is 0.611. The molecule has 2 fully saturated rings. The van der Waals surface area contributed by atoms with E-state index >= 15 is 0 Å². The van der Waals surface area contributed by atoms with Crippen molar-refractivity contribution in [3.8, 4) is 5.75 Å². The number of amides is 1. The van der Waals surface area contributed by atoms with E-state index in [1.807, 2.05) is 29.2 Å². The van der Waals surface area contributed by atoms with E-state index in [9.17, 15) is 4.79 Å². The standard InChI is InChI=1S/C18H26N2O3/c1-4-19-11-15-16(12-19)20(9-8-17(15)23-3)18(21)13-6-5-7-14(10-13)22-2/h5-7,10,15-17H,4,8-9,11-12H2,1-3H3/t15-,16+,17-/m0/s1. The van der Waals surface area contributed by atoms with Gasteiger partial charge < -0.3 is 19.3 Å². The Bertz CT molecular complexity index is 563. The lowest BCUT2D eigenvalue weighted by molar-refractivity contribution is -0.0156. The zero-order chi connectivity index (χ0) is 16.4. The Morgan fingerprint density at radius 3 is 2.83 bits per heavy atom.